The van der Waals surface area contributed by atoms with Crippen LogP contribution < -0.4 is 4.74 Å². The first-order valence-corrected chi connectivity index (χ1v) is 5.99. The van der Waals surface area contributed by atoms with Crippen molar-refractivity contribution in [2.75, 3.05) is 0 Å². The molecule has 2 rings (SSSR count). The van der Waals surface area contributed by atoms with Gasteiger partial charge in [-0.05, 0) is 18.2 Å². The Bertz CT molecular complexity index is 620. The second kappa shape index (κ2) is 5.86. The number of rotatable bonds is 4. The first-order chi connectivity index (χ1) is 9.06. The van der Waals surface area contributed by atoms with E-state index in [4.69, 9.17) is 27.9 Å². The van der Waals surface area contributed by atoms with Crippen molar-refractivity contribution in [2.24, 2.45) is 0 Å². The molecule has 7 heteroatoms. The van der Waals surface area contributed by atoms with Crippen molar-refractivity contribution in [3.63, 3.8) is 0 Å². The van der Waals surface area contributed by atoms with E-state index in [0.29, 0.717) is 16.5 Å². The van der Waals surface area contributed by atoms with Crippen molar-refractivity contribution in [3.8, 4) is 5.75 Å². The average Bonchev–Trinajstić information content (AvgIpc) is 2.37. The Labute approximate surface area is 118 Å². The maximum absolute atomic E-state index is 10.6. The molecule has 0 aliphatic heterocycles. The van der Waals surface area contributed by atoms with E-state index >= 15 is 0 Å². The number of ether oxygens (including phenoxy) is 1. The molecule has 98 valence electrons. The monoisotopic (exact) mass is 298 g/mol. The molecule has 0 saturated heterocycles. The molecule has 2 aromatic rings. The number of nitro groups is 1. The predicted molar refractivity (Wildman–Crippen MR) is 71.7 cm³/mol. The third-order valence-corrected chi connectivity index (χ3v) is 2.81. The number of benzene rings is 1. The third-order valence-electron chi connectivity index (χ3n) is 2.28. The fourth-order valence-corrected chi connectivity index (χ4v) is 1.81. The number of pyridine rings is 1. The van der Waals surface area contributed by atoms with Crippen molar-refractivity contribution in [2.45, 2.75) is 6.61 Å². The first kappa shape index (κ1) is 13.6. The summed E-state index contributed by atoms with van der Waals surface area (Å²) in [6, 6.07) is 7.34. The second-order valence-corrected chi connectivity index (χ2v) is 4.47. The molecule has 1 aromatic heterocycles. The molecule has 0 unspecified atom stereocenters. The highest BCUT2D eigenvalue weighted by molar-refractivity contribution is 6.32. The van der Waals surface area contributed by atoms with Crippen LogP contribution in [0, 0.1) is 10.1 Å². The van der Waals surface area contributed by atoms with Crippen LogP contribution in [0.1, 0.15) is 5.69 Å². The van der Waals surface area contributed by atoms with Crippen molar-refractivity contribution < 1.29 is 9.66 Å². The molecule has 0 bridgehead atoms. The maximum atomic E-state index is 10.6. The predicted octanol–water partition coefficient (Wildman–Crippen LogP) is 3.88. The Balaban J connectivity index is 2.10. The molecule has 0 radical (unpaired) electrons. The zero-order valence-electron chi connectivity index (χ0n) is 9.55. The standard InChI is InChI=1S/C12H8Cl2N2O3/c13-8-3-4-15-9(5-8)7-19-12-2-1-10(16(17)18)6-11(12)14/h1-6H,7H2. The SMILES string of the molecule is O=[N+]([O-])c1ccc(OCc2cc(Cl)ccn2)c(Cl)c1. The van der Waals surface area contributed by atoms with Gasteiger partial charge in [-0.1, -0.05) is 23.2 Å². The van der Waals surface area contributed by atoms with E-state index in [-0.39, 0.29) is 17.3 Å². The highest BCUT2D eigenvalue weighted by Gasteiger charge is 2.10. The number of hydrogen-bond donors (Lipinski definition) is 0. The lowest BCUT2D eigenvalue weighted by Crippen LogP contribution is -1.98. The van der Waals surface area contributed by atoms with E-state index in [1.54, 1.807) is 18.3 Å². The highest BCUT2D eigenvalue weighted by Crippen LogP contribution is 2.29. The minimum atomic E-state index is -0.520. The van der Waals surface area contributed by atoms with E-state index in [1.165, 1.54) is 18.2 Å². The maximum Gasteiger partial charge on any atom is 0.271 e. The minimum Gasteiger partial charge on any atom is -0.486 e. The molecular weight excluding hydrogens is 291 g/mol. The number of aromatic nitrogens is 1. The van der Waals surface area contributed by atoms with E-state index in [0.717, 1.165) is 0 Å². The van der Waals surface area contributed by atoms with E-state index in [1.807, 2.05) is 0 Å². The molecule has 0 aliphatic rings. The van der Waals surface area contributed by atoms with Gasteiger partial charge in [0.15, 0.2) is 0 Å². The van der Waals surface area contributed by atoms with Gasteiger partial charge in [0.2, 0.25) is 0 Å². The fourth-order valence-electron chi connectivity index (χ4n) is 1.40. The molecule has 5 nitrogen and oxygen atoms in total. The molecule has 0 spiro atoms. The first-order valence-electron chi connectivity index (χ1n) is 5.23. The lowest BCUT2D eigenvalue weighted by Gasteiger charge is -2.07. The smallest absolute Gasteiger partial charge is 0.271 e. The summed E-state index contributed by atoms with van der Waals surface area (Å²) >= 11 is 11.7. The quantitative estimate of drug-likeness (QED) is 0.635. The van der Waals surface area contributed by atoms with E-state index in [2.05, 4.69) is 4.98 Å². The van der Waals surface area contributed by atoms with Crippen LogP contribution in [0.25, 0.3) is 0 Å². The molecule has 0 atom stereocenters. The number of nitro benzene ring substituents is 1. The van der Waals surface area contributed by atoms with E-state index in [9.17, 15) is 10.1 Å². The van der Waals surface area contributed by atoms with Crippen LogP contribution >= 0.6 is 23.2 Å². The second-order valence-electron chi connectivity index (χ2n) is 3.63. The molecule has 0 amide bonds. The van der Waals surface area contributed by atoms with Gasteiger partial charge in [-0.2, -0.15) is 0 Å². The molecular formula is C12H8Cl2N2O3. The van der Waals surface area contributed by atoms with Crippen LogP contribution in [-0.4, -0.2) is 9.91 Å². The summed E-state index contributed by atoms with van der Waals surface area (Å²) in [5.74, 6) is 0.356. The molecule has 0 saturated carbocycles. The Kier molecular flexibility index (Phi) is 4.19. The molecule has 1 heterocycles. The van der Waals surface area contributed by atoms with Gasteiger partial charge >= 0.3 is 0 Å². The summed E-state index contributed by atoms with van der Waals surface area (Å²) in [4.78, 5) is 14.1. The molecule has 19 heavy (non-hydrogen) atoms. The van der Waals surface area contributed by atoms with Crippen molar-refractivity contribution in [3.05, 3.63) is 62.4 Å². The Hall–Kier alpha value is -1.85. The van der Waals surface area contributed by atoms with Crippen LogP contribution in [0.15, 0.2) is 36.5 Å². The summed E-state index contributed by atoms with van der Waals surface area (Å²) in [6.07, 6.45) is 1.57. The van der Waals surface area contributed by atoms with Gasteiger partial charge in [-0.25, -0.2) is 0 Å². The van der Waals surface area contributed by atoms with Gasteiger partial charge in [0, 0.05) is 23.4 Å². The van der Waals surface area contributed by atoms with Crippen LogP contribution in [0.4, 0.5) is 5.69 Å². The van der Waals surface area contributed by atoms with Crippen LogP contribution in [0.3, 0.4) is 0 Å². The summed E-state index contributed by atoms with van der Waals surface area (Å²) in [5.41, 5.74) is 0.556. The van der Waals surface area contributed by atoms with Gasteiger partial charge in [0.05, 0.1) is 15.6 Å². The van der Waals surface area contributed by atoms with Crippen molar-refractivity contribution in [1.82, 2.24) is 4.98 Å². The lowest BCUT2D eigenvalue weighted by molar-refractivity contribution is -0.384. The van der Waals surface area contributed by atoms with E-state index < -0.39 is 4.92 Å². The molecule has 0 N–H and O–H groups in total. The Morgan fingerprint density at radius 2 is 2.05 bits per heavy atom. The number of halogens is 2. The van der Waals surface area contributed by atoms with Gasteiger partial charge in [0.1, 0.15) is 12.4 Å². The van der Waals surface area contributed by atoms with Gasteiger partial charge in [0.25, 0.3) is 5.69 Å². The Morgan fingerprint density at radius 3 is 2.68 bits per heavy atom. The molecule has 0 fully saturated rings. The Morgan fingerprint density at radius 1 is 1.26 bits per heavy atom. The summed E-state index contributed by atoms with van der Waals surface area (Å²) in [5, 5.41) is 11.3. The van der Waals surface area contributed by atoms with Gasteiger partial charge in [-0.15, -0.1) is 0 Å². The largest absolute Gasteiger partial charge is 0.486 e. The summed E-state index contributed by atoms with van der Waals surface area (Å²) in [7, 11) is 0. The molecule has 0 aliphatic carbocycles. The summed E-state index contributed by atoms with van der Waals surface area (Å²) < 4.78 is 5.44. The third kappa shape index (κ3) is 3.56. The van der Waals surface area contributed by atoms with Crippen LogP contribution in [-0.2, 0) is 6.61 Å². The number of nitrogens with zero attached hydrogens (tertiary/aromatic N) is 2. The topological polar surface area (TPSA) is 65.3 Å². The normalized spacial score (nSPS) is 10.2. The average molecular weight is 299 g/mol. The highest BCUT2D eigenvalue weighted by atomic mass is 35.5. The fraction of sp³-hybridized carbons (Fsp3) is 0.0833. The van der Waals surface area contributed by atoms with Gasteiger partial charge in [-0.3, -0.25) is 15.1 Å². The number of hydrogen-bond acceptors (Lipinski definition) is 4. The lowest BCUT2D eigenvalue weighted by atomic mass is 10.3. The van der Waals surface area contributed by atoms with Crippen molar-refractivity contribution >= 4 is 28.9 Å². The zero-order valence-corrected chi connectivity index (χ0v) is 11.1. The minimum absolute atomic E-state index is 0.0850. The molecule has 1 aromatic carbocycles. The van der Waals surface area contributed by atoms with Gasteiger partial charge < -0.3 is 4.74 Å². The van der Waals surface area contributed by atoms with Crippen LogP contribution in [0.2, 0.25) is 10.0 Å². The van der Waals surface area contributed by atoms with Crippen LogP contribution in [0.5, 0.6) is 5.75 Å². The van der Waals surface area contributed by atoms with Crippen molar-refractivity contribution in [1.29, 1.82) is 0 Å². The number of non-ortho nitro benzene ring substituents is 1. The summed E-state index contributed by atoms with van der Waals surface area (Å²) in [6.45, 7) is 0.179. The zero-order chi connectivity index (χ0) is 13.8.